The lowest BCUT2D eigenvalue weighted by Crippen LogP contribution is -2.53. The van der Waals surface area contributed by atoms with Gasteiger partial charge in [-0.25, -0.2) is 4.79 Å². The fourth-order valence-corrected chi connectivity index (χ4v) is 2.46. The molecule has 1 saturated heterocycles. The number of ether oxygens (including phenoxy) is 1. The largest absolute Gasteiger partial charge is 0.496 e. The summed E-state index contributed by atoms with van der Waals surface area (Å²) in [4.78, 5) is 38.4. The molecule has 124 valence electrons. The van der Waals surface area contributed by atoms with E-state index < -0.39 is 6.03 Å². The Morgan fingerprint density at radius 3 is 2.74 bits per heavy atom. The fourth-order valence-electron chi connectivity index (χ4n) is 2.46. The number of para-hydroxylation sites is 1. The summed E-state index contributed by atoms with van der Waals surface area (Å²) in [5, 5.41) is 2.56. The topological polar surface area (TPSA) is 79.0 Å². The summed E-state index contributed by atoms with van der Waals surface area (Å²) in [6.07, 6.45) is 0.213. The number of carbonyl (C=O) groups excluding carboxylic acids is 3. The van der Waals surface area contributed by atoms with E-state index in [2.05, 4.69) is 5.32 Å². The maximum atomic E-state index is 12.4. The second-order valence-electron chi connectivity index (χ2n) is 5.38. The van der Waals surface area contributed by atoms with Gasteiger partial charge in [-0.2, -0.15) is 0 Å². The molecule has 2 rings (SSSR count). The van der Waals surface area contributed by atoms with Crippen molar-refractivity contribution >= 4 is 17.8 Å². The van der Waals surface area contributed by atoms with Crippen LogP contribution in [-0.2, 0) is 9.59 Å². The minimum Gasteiger partial charge on any atom is -0.496 e. The Kier molecular flexibility index (Phi) is 5.20. The molecule has 7 nitrogen and oxygen atoms in total. The molecule has 23 heavy (non-hydrogen) atoms. The Bertz CT molecular complexity index is 601. The molecule has 1 N–H and O–H groups in total. The molecular formula is C16H21N3O4. The van der Waals surface area contributed by atoms with Crippen LogP contribution in [0, 0.1) is 0 Å². The van der Waals surface area contributed by atoms with E-state index in [1.54, 1.807) is 14.2 Å². The first-order valence-corrected chi connectivity index (χ1v) is 7.42. The van der Waals surface area contributed by atoms with E-state index in [9.17, 15) is 14.4 Å². The van der Waals surface area contributed by atoms with Crippen molar-refractivity contribution in [2.45, 2.75) is 19.4 Å². The molecule has 1 unspecified atom stereocenters. The van der Waals surface area contributed by atoms with Gasteiger partial charge < -0.3 is 15.0 Å². The maximum Gasteiger partial charge on any atom is 0.324 e. The van der Waals surface area contributed by atoms with Crippen molar-refractivity contribution in [3.05, 3.63) is 29.8 Å². The predicted octanol–water partition coefficient (Wildman–Crippen LogP) is 1.16. The predicted molar refractivity (Wildman–Crippen MR) is 83.9 cm³/mol. The molecule has 0 aromatic heterocycles. The molecule has 1 aromatic carbocycles. The molecule has 1 atom stereocenters. The van der Waals surface area contributed by atoms with Crippen LogP contribution in [0.15, 0.2) is 24.3 Å². The van der Waals surface area contributed by atoms with Gasteiger partial charge in [-0.05, 0) is 13.0 Å². The number of rotatable bonds is 5. The van der Waals surface area contributed by atoms with Gasteiger partial charge in [0.15, 0.2) is 0 Å². The molecule has 0 spiro atoms. The Morgan fingerprint density at radius 1 is 1.39 bits per heavy atom. The lowest BCUT2D eigenvalue weighted by atomic mass is 10.1. The fraction of sp³-hybridized carbons (Fsp3) is 0.438. The van der Waals surface area contributed by atoms with E-state index >= 15 is 0 Å². The molecule has 0 bridgehead atoms. The number of nitrogens with zero attached hydrogens (tertiary/aromatic N) is 2. The first kappa shape index (κ1) is 16.8. The summed E-state index contributed by atoms with van der Waals surface area (Å²) in [6, 6.07) is 6.66. The molecule has 1 aliphatic heterocycles. The lowest BCUT2D eigenvalue weighted by molar-refractivity contribution is -0.139. The third-order valence-corrected chi connectivity index (χ3v) is 4.02. The van der Waals surface area contributed by atoms with Crippen LogP contribution in [0.2, 0.25) is 0 Å². The quantitative estimate of drug-likeness (QED) is 0.883. The highest BCUT2D eigenvalue weighted by molar-refractivity contribution is 6.00. The number of urea groups is 1. The zero-order valence-electron chi connectivity index (χ0n) is 13.5. The molecule has 0 aliphatic carbocycles. The Morgan fingerprint density at radius 2 is 2.09 bits per heavy atom. The summed E-state index contributed by atoms with van der Waals surface area (Å²) in [5.41, 5.74) is 0.861. The van der Waals surface area contributed by atoms with Gasteiger partial charge in [0.1, 0.15) is 12.3 Å². The molecular weight excluding hydrogens is 298 g/mol. The number of amides is 4. The summed E-state index contributed by atoms with van der Waals surface area (Å²) >= 11 is 0. The van der Waals surface area contributed by atoms with E-state index in [-0.39, 0.29) is 30.8 Å². The summed E-state index contributed by atoms with van der Waals surface area (Å²) < 4.78 is 5.31. The normalized spacial score (nSPS) is 15.9. The highest BCUT2D eigenvalue weighted by Gasteiger charge is 2.30. The Balaban J connectivity index is 2.09. The van der Waals surface area contributed by atoms with Crippen LogP contribution in [0.5, 0.6) is 5.75 Å². The second-order valence-corrected chi connectivity index (χ2v) is 5.38. The summed E-state index contributed by atoms with van der Waals surface area (Å²) in [5.74, 6) is 0.0423. The number of carbonyl (C=O) groups is 3. The van der Waals surface area contributed by atoms with Gasteiger partial charge in [0, 0.05) is 25.6 Å². The first-order valence-electron chi connectivity index (χ1n) is 7.42. The number of benzene rings is 1. The first-order chi connectivity index (χ1) is 11.0. The standard InChI is InChI=1S/C16H21N3O4/c1-11(12-6-4-5-7-13(12)23-3)18(2)15(21)10-19-14(20)8-9-17-16(19)22/h4-7,11H,8-10H2,1-3H3,(H,17,22). The smallest absolute Gasteiger partial charge is 0.324 e. The van der Waals surface area contributed by atoms with Crippen LogP contribution >= 0.6 is 0 Å². The minimum absolute atomic E-state index is 0.213. The number of nitrogens with one attached hydrogen (secondary N) is 1. The summed E-state index contributed by atoms with van der Waals surface area (Å²) in [7, 11) is 3.22. The average Bonchev–Trinajstić information content (AvgIpc) is 2.56. The van der Waals surface area contributed by atoms with Crippen LogP contribution in [-0.4, -0.2) is 54.9 Å². The minimum atomic E-state index is -0.520. The highest BCUT2D eigenvalue weighted by atomic mass is 16.5. The van der Waals surface area contributed by atoms with Gasteiger partial charge >= 0.3 is 6.03 Å². The van der Waals surface area contributed by atoms with E-state index in [1.807, 2.05) is 31.2 Å². The van der Waals surface area contributed by atoms with Gasteiger partial charge in [-0.3, -0.25) is 14.5 Å². The van der Waals surface area contributed by atoms with E-state index in [0.717, 1.165) is 10.5 Å². The number of hydrogen-bond acceptors (Lipinski definition) is 4. The Labute approximate surface area is 135 Å². The lowest BCUT2D eigenvalue weighted by Gasteiger charge is -2.30. The van der Waals surface area contributed by atoms with Crippen LogP contribution in [0.4, 0.5) is 4.79 Å². The van der Waals surface area contributed by atoms with Crippen molar-refractivity contribution in [2.75, 3.05) is 27.2 Å². The molecule has 1 fully saturated rings. The molecule has 4 amide bonds. The zero-order valence-corrected chi connectivity index (χ0v) is 13.5. The van der Waals surface area contributed by atoms with Crippen molar-refractivity contribution < 1.29 is 19.1 Å². The van der Waals surface area contributed by atoms with Gasteiger partial charge in [0.05, 0.1) is 13.2 Å². The number of imide groups is 1. The van der Waals surface area contributed by atoms with Crippen molar-refractivity contribution in [1.82, 2.24) is 15.1 Å². The third-order valence-electron chi connectivity index (χ3n) is 4.02. The molecule has 1 aliphatic rings. The van der Waals surface area contributed by atoms with Crippen molar-refractivity contribution in [1.29, 1.82) is 0 Å². The molecule has 7 heteroatoms. The van der Waals surface area contributed by atoms with Gasteiger partial charge in [0.25, 0.3) is 0 Å². The van der Waals surface area contributed by atoms with Crippen LogP contribution < -0.4 is 10.1 Å². The second kappa shape index (κ2) is 7.13. The van der Waals surface area contributed by atoms with E-state index in [0.29, 0.717) is 12.3 Å². The molecule has 1 heterocycles. The highest BCUT2D eigenvalue weighted by Crippen LogP contribution is 2.28. The maximum absolute atomic E-state index is 12.4. The van der Waals surface area contributed by atoms with Crippen LogP contribution in [0.25, 0.3) is 0 Å². The number of likely N-dealkylation sites (N-methyl/N-ethyl adjacent to an activating group) is 1. The van der Waals surface area contributed by atoms with Gasteiger partial charge in [-0.1, -0.05) is 18.2 Å². The van der Waals surface area contributed by atoms with Crippen LogP contribution in [0.3, 0.4) is 0 Å². The molecule has 1 aromatic rings. The van der Waals surface area contributed by atoms with Gasteiger partial charge in [-0.15, -0.1) is 0 Å². The van der Waals surface area contributed by atoms with Crippen molar-refractivity contribution in [3.63, 3.8) is 0 Å². The third kappa shape index (κ3) is 3.61. The Hall–Kier alpha value is -2.57. The van der Waals surface area contributed by atoms with Crippen molar-refractivity contribution in [2.24, 2.45) is 0 Å². The average molecular weight is 319 g/mol. The molecule has 0 radical (unpaired) electrons. The van der Waals surface area contributed by atoms with E-state index in [4.69, 9.17) is 4.74 Å². The number of hydrogen-bond donors (Lipinski definition) is 1. The zero-order chi connectivity index (χ0) is 17.0. The molecule has 0 saturated carbocycles. The van der Waals surface area contributed by atoms with Crippen LogP contribution in [0.1, 0.15) is 24.9 Å². The van der Waals surface area contributed by atoms with Crippen molar-refractivity contribution in [3.8, 4) is 5.75 Å². The van der Waals surface area contributed by atoms with E-state index in [1.165, 1.54) is 4.90 Å². The SMILES string of the molecule is COc1ccccc1C(C)N(C)C(=O)CN1C(=O)CCNC1=O. The number of methoxy groups -OCH3 is 1. The summed E-state index contributed by atoms with van der Waals surface area (Å²) in [6.45, 7) is 1.92. The van der Waals surface area contributed by atoms with Gasteiger partial charge in [0.2, 0.25) is 11.8 Å². The monoisotopic (exact) mass is 319 g/mol.